The van der Waals surface area contributed by atoms with Crippen molar-refractivity contribution in [3.63, 3.8) is 0 Å². The van der Waals surface area contributed by atoms with E-state index in [2.05, 4.69) is 0 Å². The second-order valence-electron chi connectivity index (χ2n) is 5.80. The number of benzene rings is 2. The fourth-order valence-electron chi connectivity index (χ4n) is 3.03. The summed E-state index contributed by atoms with van der Waals surface area (Å²) >= 11 is 0. The van der Waals surface area contributed by atoms with Crippen molar-refractivity contribution in [1.29, 1.82) is 0 Å². The van der Waals surface area contributed by atoms with Crippen molar-refractivity contribution in [3.8, 4) is 0 Å². The van der Waals surface area contributed by atoms with E-state index in [1.807, 2.05) is 13.0 Å². The molecule has 0 N–H and O–H groups in total. The van der Waals surface area contributed by atoms with Crippen LogP contribution in [0.25, 0.3) is 5.57 Å². The van der Waals surface area contributed by atoms with Crippen LogP contribution < -0.4 is 0 Å². The molecule has 0 fully saturated rings. The van der Waals surface area contributed by atoms with Gasteiger partial charge in [0, 0.05) is 5.56 Å². The van der Waals surface area contributed by atoms with Gasteiger partial charge in [0.05, 0.1) is 0 Å². The Bertz CT molecular complexity index is 790. The molecule has 3 rings (SSSR count). The summed E-state index contributed by atoms with van der Waals surface area (Å²) < 4.78 is 54.8. The highest BCUT2D eigenvalue weighted by Crippen LogP contribution is 2.32. The van der Waals surface area contributed by atoms with Crippen molar-refractivity contribution in [2.45, 2.75) is 32.6 Å². The molecule has 4 heteroatoms. The Morgan fingerprint density at radius 2 is 1.74 bits per heavy atom. The molecule has 0 bridgehead atoms. The first-order chi connectivity index (χ1) is 11.0. The molecule has 23 heavy (non-hydrogen) atoms. The van der Waals surface area contributed by atoms with Crippen LogP contribution in [-0.2, 0) is 19.3 Å². The number of hydrogen-bond donors (Lipinski definition) is 0. The van der Waals surface area contributed by atoms with Gasteiger partial charge in [-0.25, -0.2) is 17.6 Å². The minimum atomic E-state index is -1.45. The molecule has 0 unspecified atom stereocenters. The normalized spacial score (nSPS) is 13.7. The molecule has 2 aromatic rings. The van der Waals surface area contributed by atoms with Crippen LogP contribution >= 0.6 is 0 Å². The van der Waals surface area contributed by atoms with E-state index in [4.69, 9.17) is 0 Å². The first-order valence-electron chi connectivity index (χ1n) is 7.64. The Labute approximate surface area is 132 Å². The molecule has 0 saturated heterocycles. The fourth-order valence-corrected chi connectivity index (χ4v) is 3.03. The highest BCUT2D eigenvalue weighted by Gasteiger charge is 2.22. The van der Waals surface area contributed by atoms with Gasteiger partial charge < -0.3 is 0 Å². The second-order valence-corrected chi connectivity index (χ2v) is 5.80. The molecule has 2 aromatic carbocycles. The molecule has 0 saturated carbocycles. The van der Waals surface area contributed by atoms with Crippen LogP contribution in [0.5, 0.6) is 0 Å². The molecular formula is C19H16F4. The van der Waals surface area contributed by atoms with E-state index >= 15 is 0 Å². The summed E-state index contributed by atoms with van der Waals surface area (Å²) in [5, 5.41) is 0. The summed E-state index contributed by atoms with van der Waals surface area (Å²) in [5.74, 6) is -4.14. The van der Waals surface area contributed by atoms with E-state index in [0.29, 0.717) is 16.7 Å². The summed E-state index contributed by atoms with van der Waals surface area (Å²) in [6.07, 6.45) is 3.73. The maximum atomic E-state index is 14.3. The van der Waals surface area contributed by atoms with Gasteiger partial charge in [-0.1, -0.05) is 31.6 Å². The van der Waals surface area contributed by atoms with Crippen molar-refractivity contribution in [3.05, 3.63) is 75.9 Å². The molecule has 0 aromatic heterocycles. The number of rotatable bonds is 3. The van der Waals surface area contributed by atoms with E-state index in [9.17, 15) is 17.6 Å². The van der Waals surface area contributed by atoms with Gasteiger partial charge in [-0.2, -0.15) is 0 Å². The maximum absolute atomic E-state index is 14.3. The van der Waals surface area contributed by atoms with E-state index in [-0.39, 0.29) is 24.2 Å². The van der Waals surface area contributed by atoms with E-state index in [1.165, 1.54) is 6.07 Å². The lowest BCUT2D eigenvalue weighted by Gasteiger charge is -2.19. The Morgan fingerprint density at radius 3 is 2.43 bits per heavy atom. The minimum absolute atomic E-state index is 0.129. The van der Waals surface area contributed by atoms with Crippen LogP contribution in [-0.4, -0.2) is 0 Å². The highest BCUT2D eigenvalue weighted by atomic mass is 19.2. The highest BCUT2D eigenvalue weighted by molar-refractivity contribution is 5.71. The summed E-state index contributed by atoms with van der Waals surface area (Å²) in [6.45, 7) is 2.02. The molecule has 0 aliphatic heterocycles. The Morgan fingerprint density at radius 1 is 0.957 bits per heavy atom. The predicted octanol–water partition coefficient (Wildman–Crippen LogP) is 5.38. The topological polar surface area (TPSA) is 0 Å². The largest absolute Gasteiger partial charge is 0.206 e. The molecule has 120 valence electrons. The average molecular weight is 320 g/mol. The van der Waals surface area contributed by atoms with Gasteiger partial charge in [-0.3, -0.25) is 0 Å². The molecule has 0 atom stereocenters. The van der Waals surface area contributed by atoms with Crippen LogP contribution in [0.3, 0.4) is 0 Å². The van der Waals surface area contributed by atoms with Gasteiger partial charge in [0.2, 0.25) is 0 Å². The molecule has 1 aliphatic rings. The van der Waals surface area contributed by atoms with Crippen LogP contribution in [0.1, 0.15) is 35.6 Å². The molecule has 0 amide bonds. The lowest BCUT2D eigenvalue weighted by atomic mass is 9.87. The van der Waals surface area contributed by atoms with Gasteiger partial charge in [-0.05, 0) is 53.7 Å². The van der Waals surface area contributed by atoms with E-state index < -0.39 is 17.5 Å². The summed E-state index contributed by atoms with van der Waals surface area (Å²) in [4.78, 5) is 0. The van der Waals surface area contributed by atoms with Crippen molar-refractivity contribution in [2.24, 2.45) is 0 Å². The average Bonchev–Trinajstić information content (AvgIpc) is 2.53. The molecule has 0 spiro atoms. The molecule has 1 aliphatic carbocycles. The van der Waals surface area contributed by atoms with Gasteiger partial charge in [0.1, 0.15) is 5.82 Å². The number of allylic oxidation sites excluding steroid dienone is 2. The van der Waals surface area contributed by atoms with Gasteiger partial charge in [0.25, 0.3) is 0 Å². The number of halogens is 4. The maximum Gasteiger partial charge on any atom is 0.194 e. The smallest absolute Gasteiger partial charge is 0.194 e. The van der Waals surface area contributed by atoms with E-state index in [0.717, 1.165) is 24.5 Å². The number of hydrogen-bond acceptors (Lipinski definition) is 0. The third-order valence-electron chi connectivity index (χ3n) is 4.21. The lowest BCUT2D eigenvalue weighted by Crippen LogP contribution is -2.09. The monoisotopic (exact) mass is 320 g/mol. The fraction of sp³-hybridized carbons (Fsp3) is 0.263. The van der Waals surface area contributed by atoms with Crippen LogP contribution in [0, 0.1) is 23.3 Å². The van der Waals surface area contributed by atoms with Crippen molar-refractivity contribution < 1.29 is 17.6 Å². The summed E-state index contributed by atoms with van der Waals surface area (Å²) in [5.41, 5.74) is 2.54. The SMILES string of the molecule is CCCc1ccc(C2=CCc3c(cc(F)c(F)c3F)C2)c(F)c1. The Kier molecular flexibility index (Phi) is 4.24. The van der Waals surface area contributed by atoms with Crippen molar-refractivity contribution >= 4 is 5.57 Å². The Balaban J connectivity index is 1.95. The quantitative estimate of drug-likeness (QED) is 0.526. The zero-order chi connectivity index (χ0) is 16.6. The zero-order valence-electron chi connectivity index (χ0n) is 12.7. The van der Waals surface area contributed by atoms with Crippen LogP contribution in [0.15, 0.2) is 30.3 Å². The third kappa shape index (κ3) is 2.90. The molecule has 0 radical (unpaired) electrons. The molecule has 0 nitrogen and oxygen atoms in total. The third-order valence-corrected chi connectivity index (χ3v) is 4.21. The zero-order valence-corrected chi connectivity index (χ0v) is 12.7. The lowest BCUT2D eigenvalue weighted by molar-refractivity contribution is 0.440. The first kappa shape index (κ1) is 15.8. The van der Waals surface area contributed by atoms with Crippen LogP contribution in [0.2, 0.25) is 0 Å². The molecule has 0 heterocycles. The van der Waals surface area contributed by atoms with Crippen molar-refractivity contribution in [1.82, 2.24) is 0 Å². The summed E-state index contributed by atoms with van der Waals surface area (Å²) in [7, 11) is 0. The summed E-state index contributed by atoms with van der Waals surface area (Å²) in [6, 6.07) is 6.07. The van der Waals surface area contributed by atoms with E-state index in [1.54, 1.807) is 12.1 Å². The Hall–Kier alpha value is -2.10. The van der Waals surface area contributed by atoms with Gasteiger partial charge in [0.15, 0.2) is 17.5 Å². The minimum Gasteiger partial charge on any atom is -0.206 e. The van der Waals surface area contributed by atoms with Crippen molar-refractivity contribution in [2.75, 3.05) is 0 Å². The first-order valence-corrected chi connectivity index (χ1v) is 7.64. The van der Waals surface area contributed by atoms with Gasteiger partial charge in [-0.15, -0.1) is 0 Å². The predicted molar refractivity (Wildman–Crippen MR) is 82.1 cm³/mol. The number of aryl methyl sites for hydroxylation is 1. The standard InChI is InChI=1S/C19H16F4/c1-2-3-11-4-6-14(16(20)8-11)12-5-7-15-13(9-12)10-17(21)19(23)18(15)22/h4-6,8,10H,2-3,7,9H2,1H3. The van der Waals surface area contributed by atoms with Crippen LogP contribution in [0.4, 0.5) is 17.6 Å². The second kappa shape index (κ2) is 6.19. The number of fused-ring (bicyclic) bond motifs is 1. The molecular weight excluding hydrogens is 304 g/mol. The van der Waals surface area contributed by atoms with Gasteiger partial charge >= 0.3 is 0 Å².